The largest absolute Gasteiger partial charge is 0.491 e. The third-order valence-corrected chi connectivity index (χ3v) is 4.56. The second kappa shape index (κ2) is 8.03. The van der Waals surface area contributed by atoms with Gasteiger partial charge in [0.2, 0.25) is 5.91 Å². The molecule has 0 fully saturated rings. The van der Waals surface area contributed by atoms with Crippen LogP contribution >= 0.6 is 0 Å². The number of benzene rings is 2. The molecule has 0 aliphatic heterocycles. The van der Waals surface area contributed by atoms with Crippen LogP contribution in [0.15, 0.2) is 53.6 Å². The lowest BCUT2D eigenvalue weighted by Crippen LogP contribution is -2.36. The van der Waals surface area contributed by atoms with Crippen molar-refractivity contribution in [3.63, 3.8) is 0 Å². The van der Waals surface area contributed by atoms with Crippen LogP contribution in [0.1, 0.15) is 11.1 Å². The Bertz CT molecular complexity index is 1030. The fraction of sp³-hybridized carbons (Fsp3) is 0.286. The molecule has 1 aromatic heterocycles. The summed E-state index contributed by atoms with van der Waals surface area (Å²) in [5.74, 6) is 0.642. The van der Waals surface area contributed by atoms with Crippen molar-refractivity contribution < 1.29 is 9.53 Å². The number of carbonyl (C=O) groups excluding carboxylic acids is 1. The summed E-state index contributed by atoms with van der Waals surface area (Å²) in [6, 6.07) is 13.2. The predicted octanol–water partition coefficient (Wildman–Crippen LogP) is 2.55. The van der Waals surface area contributed by atoms with E-state index in [1.54, 1.807) is 18.0 Å². The molecule has 6 nitrogen and oxygen atoms in total. The van der Waals surface area contributed by atoms with Gasteiger partial charge in [-0.25, -0.2) is 4.98 Å². The van der Waals surface area contributed by atoms with Crippen LogP contribution < -0.4 is 10.3 Å². The van der Waals surface area contributed by atoms with Crippen LogP contribution in [0, 0.1) is 13.8 Å². The van der Waals surface area contributed by atoms with Gasteiger partial charge < -0.3 is 9.64 Å². The zero-order valence-corrected chi connectivity index (χ0v) is 15.8. The fourth-order valence-electron chi connectivity index (χ4n) is 2.85. The lowest BCUT2D eigenvalue weighted by molar-refractivity contribution is -0.130. The molecule has 0 aliphatic carbocycles. The second-order valence-electron chi connectivity index (χ2n) is 6.58. The Hall–Kier alpha value is -3.15. The maximum atomic E-state index is 12.6. The van der Waals surface area contributed by atoms with Gasteiger partial charge in [-0.15, -0.1) is 0 Å². The summed E-state index contributed by atoms with van der Waals surface area (Å²) in [7, 11) is 1.70. The Balaban J connectivity index is 1.63. The van der Waals surface area contributed by atoms with Crippen molar-refractivity contribution in [2.75, 3.05) is 20.2 Å². The van der Waals surface area contributed by atoms with Crippen molar-refractivity contribution in [2.45, 2.75) is 20.4 Å². The third-order valence-electron chi connectivity index (χ3n) is 4.56. The van der Waals surface area contributed by atoms with Gasteiger partial charge in [0, 0.05) is 7.05 Å². The number of aryl methyl sites for hydroxylation is 2. The summed E-state index contributed by atoms with van der Waals surface area (Å²) in [4.78, 5) is 31.0. The fourth-order valence-corrected chi connectivity index (χ4v) is 2.85. The summed E-state index contributed by atoms with van der Waals surface area (Å²) >= 11 is 0. The Morgan fingerprint density at radius 2 is 1.85 bits per heavy atom. The molecule has 0 radical (unpaired) electrons. The van der Waals surface area contributed by atoms with E-state index in [2.05, 4.69) is 4.98 Å². The molecular formula is C21H23N3O3. The molecule has 1 amide bonds. The molecule has 3 rings (SSSR count). The number of hydrogen-bond donors (Lipinski definition) is 0. The van der Waals surface area contributed by atoms with Gasteiger partial charge in [0.25, 0.3) is 5.56 Å². The summed E-state index contributed by atoms with van der Waals surface area (Å²) in [5.41, 5.74) is 2.46. The van der Waals surface area contributed by atoms with Gasteiger partial charge in [0.15, 0.2) is 0 Å². The molecule has 0 spiro atoms. The minimum absolute atomic E-state index is 0.0451. The molecule has 6 heteroatoms. The number of amides is 1. The molecule has 0 saturated carbocycles. The Morgan fingerprint density at radius 1 is 1.11 bits per heavy atom. The van der Waals surface area contributed by atoms with E-state index in [9.17, 15) is 9.59 Å². The highest BCUT2D eigenvalue weighted by Crippen LogP contribution is 2.16. The average molecular weight is 365 g/mol. The van der Waals surface area contributed by atoms with E-state index >= 15 is 0 Å². The Kier molecular flexibility index (Phi) is 5.54. The first kappa shape index (κ1) is 18.6. The van der Waals surface area contributed by atoms with Crippen molar-refractivity contribution in [1.29, 1.82) is 0 Å². The van der Waals surface area contributed by atoms with Crippen LogP contribution in [-0.2, 0) is 11.3 Å². The summed E-state index contributed by atoms with van der Waals surface area (Å²) < 4.78 is 7.08. The number of fused-ring (bicyclic) bond motifs is 1. The molecule has 0 N–H and O–H groups in total. The molecule has 0 saturated heterocycles. The van der Waals surface area contributed by atoms with Crippen LogP contribution in [0.25, 0.3) is 10.9 Å². The van der Waals surface area contributed by atoms with Crippen LogP contribution in [0.5, 0.6) is 5.75 Å². The number of rotatable bonds is 6. The summed E-state index contributed by atoms with van der Waals surface area (Å²) in [6.07, 6.45) is 1.44. The van der Waals surface area contributed by atoms with Crippen LogP contribution in [-0.4, -0.2) is 40.6 Å². The molecule has 3 aromatic rings. The van der Waals surface area contributed by atoms with E-state index < -0.39 is 0 Å². The van der Waals surface area contributed by atoms with Gasteiger partial charge in [0.1, 0.15) is 18.9 Å². The zero-order valence-electron chi connectivity index (χ0n) is 15.8. The quantitative estimate of drug-likeness (QED) is 0.673. The molecule has 1 heterocycles. The lowest BCUT2D eigenvalue weighted by Gasteiger charge is -2.18. The number of aromatic nitrogens is 2. The number of para-hydroxylation sites is 2. The topological polar surface area (TPSA) is 64.4 Å². The highest BCUT2D eigenvalue weighted by molar-refractivity contribution is 5.81. The highest BCUT2D eigenvalue weighted by atomic mass is 16.5. The van der Waals surface area contributed by atoms with Gasteiger partial charge >= 0.3 is 0 Å². The van der Waals surface area contributed by atoms with E-state index in [1.165, 1.54) is 10.9 Å². The van der Waals surface area contributed by atoms with Crippen molar-refractivity contribution in [3.05, 3.63) is 70.3 Å². The monoisotopic (exact) mass is 365 g/mol. The zero-order chi connectivity index (χ0) is 19.4. The van der Waals surface area contributed by atoms with Gasteiger partial charge in [0.05, 0.1) is 23.8 Å². The maximum Gasteiger partial charge on any atom is 0.261 e. The summed E-state index contributed by atoms with van der Waals surface area (Å²) in [6.45, 7) is 4.66. The normalized spacial score (nSPS) is 10.8. The predicted molar refractivity (Wildman–Crippen MR) is 105 cm³/mol. The molecule has 2 aromatic carbocycles. The van der Waals surface area contributed by atoms with Crippen molar-refractivity contribution >= 4 is 16.8 Å². The SMILES string of the molecule is Cc1ccccc1OCCN(C)C(=O)Cn1cnc2c(C)cccc2c1=O. The van der Waals surface area contributed by atoms with E-state index in [-0.39, 0.29) is 18.0 Å². The Labute approximate surface area is 158 Å². The standard InChI is InChI=1S/C21H23N3O3/c1-15-7-4-5-10-18(15)27-12-11-23(3)19(25)13-24-14-22-20-16(2)8-6-9-17(20)21(24)26/h4-10,14H,11-13H2,1-3H3. The average Bonchev–Trinajstić information content (AvgIpc) is 2.66. The minimum Gasteiger partial charge on any atom is -0.491 e. The molecule has 0 aliphatic rings. The van der Waals surface area contributed by atoms with Crippen LogP contribution in [0.2, 0.25) is 0 Å². The van der Waals surface area contributed by atoms with E-state index in [1.807, 2.05) is 50.2 Å². The molecule has 140 valence electrons. The van der Waals surface area contributed by atoms with Crippen molar-refractivity contribution in [2.24, 2.45) is 0 Å². The van der Waals surface area contributed by atoms with Crippen LogP contribution in [0.4, 0.5) is 0 Å². The lowest BCUT2D eigenvalue weighted by atomic mass is 10.1. The Morgan fingerprint density at radius 3 is 2.63 bits per heavy atom. The first-order valence-electron chi connectivity index (χ1n) is 8.84. The number of nitrogens with zero attached hydrogens (tertiary/aromatic N) is 3. The molecule has 0 bridgehead atoms. The molecular weight excluding hydrogens is 342 g/mol. The number of ether oxygens (including phenoxy) is 1. The van der Waals surface area contributed by atoms with Gasteiger partial charge in [-0.1, -0.05) is 30.3 Å². The minimum atomic E-state index is -0.207. The molecule has 0 unspecified atom stereocenters. The molecule has 0 atom stereocenters. The maximum absolute atomic E-state index is 12.6. The van der Waals surface area contributed by atoms with Crippen LogP contribution in [0.3, 0.4) is 0 Å². The van der Waals surface area contributed by atoms with E-state index in [0.29, 0.717) is 24.1 Å². The van der Waals surface area contributed by atoms with E-state index in [4.69, 9.17) is 4.74 Å². The van der Waals surface area contributed by atoms with E-state index in [0.717, 1.165) is 16.9 Å². The van der Waals surface area contributed by atoms with Gasteiger partial charge in [-0.2, -0.15) is 0 Å². The second-order valence-corrected chi connectivity index (χ2v) is 6.58. The first-order chi connectivity index (χ1) is 13.0. The van der Waals surface area contributed by atoms with Crippen molar-refractivity contribution in [1.82, 2.24) is 14.5 Å². The number of likely N-dealkylation sites (N-methyl/N-ethyl adjacent to an activating group) is 1. The third kappa shape index (κ3) is 4.16. The van der Waals surface area contributed by atoms with Crippen molar-refractivity contribution in [3.8, 4) is 5.75 Å². The smallest absolute Gasteiger partial charge is 0.261 e. The first-order valence-corrected chi connectivity index (χ1v) is 8.84. The van der Waals surface area contributed by atoms with Gasteiger partial charge in [-0.05, 0) is 37.1 Å². The number of hydrogen-bond acceptors (Lipinski definition) is 4. The van der Waals surface area contributed by atoms with Gasteiger partial charge in [-0.3, -0.25) is 14.2 Å². The highest BCUT2D eigenvalue weighted by Gasteiger charge is 2.13. The summed E-state index contributed by atoms with van der Waals surface area (Å²) in [5, 5.41) is 0.524. The molecule has 27 heavy (non-hydrogen) atoms. The number of carbonyl (C=O) groups is 1.